The normalized spacial score (nSPS) is 11.3. The largest absolute Gasteiger partial charge is 0.389 e. The van der Waals surface area contributed by atoms with Gasteiger partial charge in [0.1, 0.15) is 0 Å². The van der Waals surface area contributed by atoms with Crippen LogP contribution >= 0.6 is 23.2 Å². The molecule has 0 atom stereocenters. The molecule has 6 heteroatoms. The number of carbonyl (C=O) groups excluding carboxylic acids is 1. The number of amides is 2. The fourth-order valence-corrected chi connectivity index (χ4v) is 1.94. The first kappa shape index (κ1) is 16.1. The third kappa shape index (κ3) is 4.90. The second-order valence-corrected chi connectivity index (χ2v) is 5.64. The molecule has 0 fully saturated rings. The molecule has 0 heterocycles. The number of nitrogens with zero attached hydrogens (tertiary/aromatic N) is 1. The number of anilines is 1. The highest BCUT2D eigenvalue weighted by atomic mass is 35.5. The quantitative estimate of drug-likeness (QED) is 0.892. The van der Waals surface area contributed by atoms with E-state index in [9.17, 15) is 9.90 Å². The van der Waals surface area contributed by atoms with Gasteiger partial charge in [0.2, 0.25) is 0 Å². The van der Waals surface area contributed by atoms with Gasteiger partial charge in [0, 0.05) is 6.54 Å². The van der Waals surface area contributed by atoms with Crippen molar-refractivity contribution < 1.29 is 9.90 Å². The van der Waals surface area contributed by atoms with Crippen LogP contribution < -0.4 is 5.32 Å². The van der Waals surface area contributed by atoms with E-state index in [4.69, 9.17) is 23.2 Å². The maximum atomic E-state index is 12.1. The highest BCUT2D eigenvalue weighted by molar-refractivity contribution is 6.43. The van der Waals surface area contributed by atoms with Crippen LogP contribution in [0.15, 0.2) is 18.2 Å². The predicted molar refractivity (Wildman–Crippen MR) is 79.0 cm³/mol. The van der Waals surface area contributed by atoms with Crippen molar-refractivity contribution in [1.82, 2.24) is 4.90 Å². The maximum Gasteiger partial charge on any atom is 0.321 e. The monoisotopic (exact) mass is 304 g/mol. The molecule has 0 aliphatic carbocycles. The molecular weight excluding hydrogens is 287 g/mol. The van der Waals surface area contributed by atoms with Gasteiger partial charge in [-0.2, -0.15) is 0 Å². The summed E-state index contributed by atoms with van der Waals surface area (Å²) < 4.78 is 0. The number of rotatable bonds is 4. The number of hydrogen-bond acceptors (Lipinski definition) is 2. The number of likely N-dealkylation sites (N-methyl/N-ethyl adjacent to an activating group) is 1. The minimum absolute atomic E-state index is 0.230. The summed E-state index contributed by atoms with van der Waals surface area (Å²) in [6.45, 7) is 5.84. The molecule has 0 saturated carbocycles. The van der Waals surface area contributed by atoms with Crippen LogP contribution in [0.2, 0.25) is 10.0 Å². The molecule has 0 bridgehead atoms. The minimum Gasteiger partial charge on any atom is -0.389 e. The minimum atomic E-state index is -0.953. The second-order valence-electron chi connectivity index (χ2n) is 4.86. The summed E-state index contributed by atoms with van der Waals surface area (Å²) >= 11 is 11.9. The van der Waals surface area contributed by atoms with E-state index in [-0.39, 0.29) is 12.6 Å². The third-order valence-electron chi connectivity index (χ3n) is 2.44. The van der Waals surface area contributed by atoms with E-state index in [2.05, 4.69) is 5.32 Å². The van der Waals surface area contributed by atoms with Crippen molar-refractivity contribution in [2.45, 2.75) is 26.4 Å². The van der Waals surface area contributed by atoms with Crippen molar-refractivity contribution >= 4 is 34.9 Å². The van der Waals surface area contributed by atoms with E-state index in [1.54, 1.807) is 32.0 Å². The molecular formula is C13H18Cl2N2O2. The van der Waals surface area contributed by atoms with Crippen LogP contribution in [0.1, 0.15) is 20.8 Å². The average Bonchev–Trinajstić information content (AvgIpc) is 2.30. The Morgan fingerprint density at radius 2 is 2.05 bits per heavy atom. The Balaban J connectivity index is 2.80. The summed E-state index contributed by atoms with van der Waals surface area (Å²) in [5.74, 6) is 0. The van der Waals surface area contributed by atoms with Crippen molar-refractivity contribution in [3.05, 3.63) is 28.2 Å². The Morgan fingerprint density at radius 1 is 1.42 bits per heavy atom. The number of hydrogen-bond donors (Lipinski definition) is 2. The SMILES string of the molecule is CCN(CC(C)(C)O)C(=O)Nc1cccc(Cl)c1Cl. The molecule has 19 heavy (non-hydrogen) atoms. The number of nitrogens with one attached hydrogen (secondary N) is 1. The number of benzene rings is 1. The van der Waals surface area contributed by atoms with Gasteiger partial charge in [0.15, 0.2) is 0 Å². The lowest BCUT2D eigenvalue weighted by Crippen LogP contribution is -2.44. The summed E-state index contributed by atoms with van der Waals surface area (Å²) in [7, 11) is 0. The molecule has 2 N–H and O–H groups in total. The molecule has 2 amide bonds. The number of carbonyl (C=O) groups is 1. The fourth-order valence-electron chi connectivity index (χ4n) is 1.59. The standard InChI is InChI=1S/C13H18Cl2N2O2/c1-4-17(8-13(2,3)19)12(18)16-10-7-5-6-9(14)11(10)15/h5-7,19H,4,8H2,1-3H3,(H,16,18). The third-order valence-corrected chi connectivity index (χ3v) is 3.26. The van der Waals surface area contributed by atoms with Crippen LogP contribution in [0.4, 0.5) is 10.5 Å². The van der Waals surface area contributed by atoms with Gasteiger partial charge < -0.3 is 15.3 Å². The van der Waals surface area contributed by atoms with E-state index in [0.717, 1.165) is 0 Å². The van der Waals surface area contributed by atoms with Gasteiger partial charge in [0.05, 0.1) is 27.9 Å². The first-order valence-corrected chi connectivity index (χ1v) is 6.72. The van der Waals surface area contributed by atoms with E-state index >= 15 is 0 Å². The molecule has 0 saturated heterocycles. The Hall–Kier alpha value is -0.970. The smallest absolute Gasteiger partial charge is 0.321 e. The molecule has 0 aliphatic rings. The molecule has 1 aromatic carbocycles. The van der Waals surface area contributed by atoms with Crippen molar-refractivity contribution in [2.75, 3.05) is 18.4 Å². The molecule has 106 valence electrons. The van der Waals surface area contributed by atoms with Crippen molar-refractivity contribution in [1.29, 1.82) is 0 Å². The van der Waals surface area contributed by atoms with Gasteiger partial charge in [-0.25, -0.2) is 4.79 Å². The summed E-state index contributed by atoms with van der Waals surface area (Å²) in [6.07, 6.45) is 0. The molecule has 0 unspecified atom stereocenters. The lowest BCUT2D eigenvalue weighted by atomic mass is 10.1. The first-order chi connectivity index (χ1) is 8.74. The van der Waals surface area contributed by atoms with Crippen LogP contribution in [-0.2, 0) is 0 Å². The van der Waals surface area contributed by atoms with Crippen LogP contribution in [0.3, 0.4) is 0 Å². The van der Waals surface area contributed by atoms with Crippen LogP contribution in [0.25, 0.3) is 0 Å². The number of urea groups is 1. The Bertz CT molecular complexity index is 458. The van der Waals surface area contributed by atoms with E-state index < -0.39 is 5.60 Å². The topological polar surface area (TPSA) is 52.6 Å². The van der Waals surface area contributed by atoms with Gasteiger partial charge in [-0.1, -0.05) is 29.3 Å². The molecule has 4 nitrogen and oxygen atoms in total. The zero-order valence-electron chi connectivity index (χ0n) is 11.2. The average molecular weight is 305 g/mol. The Morgan fingerprint density at radius 3 is 2.58 bits per heavy atom. The number of aliphatic hydroxyl groups is 1. The molecule has 0 spiro atoms. The van der Waals surface area contributed by atoms with Gasteiger partial charge in [-0.15, -0.1) is 0 Å². The lowest BCUT2D eigenvalue weighted by molar-refractivity contribution is 0.0501. The van der Waals surface area contributed by atoms with Gasteiger partial charge >= 0.3 is 6.03 Å². The van der Waals surface area contributed by atoms with E-state index in [1.165, 1.54) is 4.90 Å². The zero-order valence-corrected chi connectivity index (χ0v) is 12.7. The van der Waals surface area contributed by atoms with E-state index in [1.807, 2.05) is 6.92 Å². The Labute approximate surface area is 123 Å². The van der Waals surface area contributed by atoms with Crippen molar-refractivity contribution in [2.24, 2.45) is 0 Å². The van der Waals surface area contributed by atoms with E-state index in [0.29, 0.717) is 22.3 Å². The summed E-state index contributed by atoms with van der Waals surface area (Å²) in [6, 6.07) is 4.70. The molecule has 1 aromatic rings. The summed E-state index contributed by atoms with van der Waals surface area (Å²) in [5.41, 5.74) is -0.501. The fraction of sp³-hybridized carbons (Fsp3) is 0.462. The highest BCUT2D eigenvalue weighted by Gasteiger charge is 2.21. The second kappa shape index (κ2) is 6.46. The Kier molecular flexibility index (Phi) is 5.47. The summed E-state index contributed by atoms with van der Waals surface area (Å²) in [4.78, 5) is 13.6. The van der Waals surface area contributed by atoms with Gasteiger partial charge in [-0.05, 0) is 32.9 Å². The predicted octanol–water partition coefficient (Wildman–Crippen LogP) is 3.62. The van der Waals surface area contributed by atoms with Crippen molar-refractivity contribution in [3.63, 3.8) is 0 Å². The van der Waals surface area contributed by atoms with Gasteiger partial charge in [0.25, 0.3) is 0 Å². The zero-order chi connectivity index (χ0) is 14.6. The number of halogens is 2. The maximum absolute atomic E-state index is 12.1. The molecule has 0 radical (unpaired) electrons. The lowest BCUT2D eigenvalue weighted by Gasteiger charge is -2.28. The molecule has 0 aromatic heterocycles. The van der Waals surface area contributed by atoms with Crippen LogP contribution in [-0.4, -0.2) is 34.7 Å². The molecule has 0 aliphatic heterocycles. The van der Waals surface area contributed by atoms with Crippen LogP contribution in [0.5, 0.6) is 0 Å². The first-order valence-electron chi connectivity index (χ1n) is 5.97. The highest BCUT2D eigenvalue weighted by Crippen LogP contribution is 2.29. The van der Waals surface area contributed by atoms with Crippen molar-refractivity contribution in [3.8, 4) is 0 Å². The summed E-state index contributed by atoms with van der Waals surface area (Å²) in [5, 5.41) is 13.1. The van der Waals surface area contributed by atoms with Gasteiger partial charge in [-0.3, -0.25) is 0 Å². The molecule has 1 rings (SSSR count). The van der Waals surface area contributed by atoms with Crippen LogP contribution in [0, 0.1) is 0 Å².